The second-order valence-electron chi connectivity index (χ2n) is 9.56. The number of aromatic carboxylic acids is 1. The van der Waals surface area contributed by atoms with Gasteiger partial charge in [0.1, 0.15) is 6.04 Å². The summed E-state index contributed by atoms with van der Waals surface area (Å²) >= 11 is 0. The second kappa shape index (κ2) is 10.2. The van der Waals surface area contributed by atoms with Crippen molar-refractivity contribution >= 4 is 17.8 Å². The molecule has 9 nitrogen and oxygen atoms in total. The minimum absolute atomic E-state index is 0.0411. The van der Waals surface area contributed by atoms with Crippen LogP contribution >= 0.6 is 0 Å². The van der Waals surface area contributed by atoms with Gasteiger partial charge in [0, 0.05) is 64.3 Å². The number of carboxylic acids is 1. The quantitative estimate of drug-likeness (QED) is 0.635. The predicted octanol–water partition coefficient (Wildman–Crippen LogP) is 0.312. The molecule has 0 aromatic heterocycles. The minimum Gasteiger partial charge on any atom is -0.478 e. The number of likely N-dealkylation sites (N-methyl/N-ethyl adjacent to an activating group) is 2. The van der Waals surface area contributed by atoms with E-state index >= 15 is 0 Å². The van der Waals surface area contributed by atoms with Crippen molar-refractivity contribution in [1.29, 1.82) is 0 Å². The number of carbonyl (C=O) groups excluding carboxylic acids is 2. The molecule has 3 atom stereocenters. The molecule has 3 fully saturated rings. The Morgan fingerprint density at radius 2 is 1.76 bits per heavy atom. The minimum atomic E-state index is -0.940. The standard InChI is InChI=1S/C24H35N5O4/c1-26-11-13-28(14-12-26)21(30)8-7-19-15-25-23(31)22-20(27(19)2)9-10-29(22)16-17-3-5-18(6-4-17)24(32)33/h3-6,19-20,22H,7-16H2,1-2H3,(H,25,31)(H,32,33)/t19-,20-,22-/m1/s1. The van der Waals surface area contributed by atoms with Gasteiger partial charge in [0.05, 0.1) is 5.56 Å². The van der Waals surface area contributed by atoms with Crippen LogP contribution in [0.5, 0.6) is 0 Å². The van der Waals surface area contributed by atoms with E-state index in [2.05, 4.69) is 34.1 Å². The predicted molar refractivity (Wildman–Crippen MR) is 124 cm³/mol. The number of likely N-dealkylation sites (tertiary alicyclic amines) is 1. The molecule has 1 aromatic rings. The van der Waals surface area contributed by atoms with Gasteiger partial charge in [0.25, 0.3) is 0 Å². The number of benzene rings is 1. The third kappa shape index (κ3) is 5.37. The van der Waals surface area contributed by atoms with E-state index in [1.54, 1.807) is 12.1 Å². The number of rotatable bonds is 6. The molecule has 1 aromatic carbocycles. The van der Waals surface area contributed by atoms with Crippen LogP contribution in [0.15, 0.2) is 24.3 Å². The fourth-order valence-corrected chi connectivity index (χ4v) is 5.32. The maximum absolute atomic E-state index is 13.0. The van der Waals surface area contributed by atoms with Crippen LogP contribution in [0.2, 0.25) is 0 Å². The van der Waals surface area contributed by atoms with E-state index in [1.165, 1.54) is 0 Å². The van der Waals surface area contributed by atoms with Crippen molar-refractivity contribution in [3.63, 3.8) is 0 Å². The highest BCUT2D eigenvalue weighted by Crippen LogP contribution is 2.28. The van der Waals surface area contributed by atoms with Crippen LogP contribution in [-0.4, -0.2) is 114 Å². The highest BCUT2D eigenvalue weighted by molar-refractivity contribution is 5.87. The first-order valence-corrected chi connectivity index (χ1v) is 11.9. The number of hydrogen-bond donors (Lipinski definition) is 2. The first kappa shape index (κ1) is 23.7. The van der Waals surface area contributed by atoms with Crippen molar-refractivity contribution in [3.8, 4) is 0 Å². The van der Waals surface area contributed by atoms with Gasteiger partial charge in [-0.2, -0.15) is 0 Å². The van der Waals surface area contributed by atoms with Gasteiger partial charge >= 0.3 is 5.97 Å². The Kier molecular flexibility index (Phi) is 7.31. The normalized spacial score (nSPS) is 27.2. The van der Waals surface area contributed by atoms with E-state index in [0.717, 1.165) is 51.1 Å². The van der Waals surface area contributed by atoms with Gasteiger partial charge < -0.3 is 20.2 Å². The van der Waals surface area contributed by atoms with E-state index < -0.39 is 5.97 Å². The molecule has 3 aliphatic rings. The first-order chi connectivity index (χ1) is 15.8. The maximum Gasteiger partial charge on any atom is 0.335 e. The molecule has 0 spiro atoms. The smallest absolute Gasteiger partial charge is 0.335 e. The Morgan fingerprint density at radius 1 is 1.06 bits per heavy atom. The number of amides is 2. The molecule has 4 rings (SSSR count). The summed E-state index contributed by atoms with van der Waals surface area (Å²) in [6.45, 7) is 5.39. The number of fused-ring (bicyclic) bond motifs is 1. The van der Waals surface area contributed by atoms with Crippen molar-refractivity contribution < 1.29 is 19.5 Å². The molecule has 0 radical (unpaired) electrons. The molecular formula is C24H35N5O4. The van der Waals surface area contributed by atoms with Crippen molar-refractivity contribution in [2.45, 2.75) is 43.9 Å². The number of piperazine rings is 1. The largest absolute Gasteiger partial charge is 0.478 e. The van der Waals surface area contributed by atoms with Crippen LogP contribution in [0.1, 0.15) is 35.2 Å². The lowest BCUT2D eigenvalue weighted by molar-refractivity contribution is -0.133. The van der Waals surface area contributed by atoms with Gasteiger partial charge in [0.15, 0.2) is 0 Å². The summed E-state index contributed by atoms with van der Waals surface area (Å²) in [7, 11) is 4.16. The summed E-state index contributed by atoms with van der Waals surface area (Å²) in [6, 6.07) is 6.86. The molecule has 180 valence electrons. The highest BCUT2D eigenvalue weighted by atomic mass is 16.4. The number of hydrogen-bond acceptors (Lipinski definition) is 6. The van der Waals surface area contributed by atoms with Crippen LogP contribution in [0.4, 0.5) is 0 Å². The zero-order valence-electron chi connectivity index (χ0n) is 19.6. The van der Waals surface area contributed by atoms with Gasteiger partial charge in [-0.25, -0.2) is 4.79 Å². The van der Waals surface area contributed by atoms with Crippen molar-refractivity contribution in [1.82, 2.24) is 24.9 Å². The summed E-state index contributed by atoms with van der Waals surface area (Å²) < 4.78 is 0. The van der Waals surface area contributed by atoms with E-state index in [4.69, 9.17) is 5.11 Å². The van der Waals surface area contributed by atoms with Crippen LogP contribution in [0.25, 0.3) is 0 Å². The Hall–Kier alpha value is -2.49. The monoisotopic (exact) mass is 457 g/mol. The summed E-state index contributed by atoms with van der Waals surface area (Å²) in [4.78, 5) is 45.5. The van der Waals surface area contributed by atoms with Gasteiger partial charge in [-0.05, 0) is 44.6 Å². The first-order valence-electron chi connectivity index (χ1n) is 11.9. The van der Waals surface area contributed by atoms with Gasteiger partial charge in [0.2, 0.25) is 11.8 Å². The Balaban J connectivity index is 1.36. The molecule has 9 heteroatoms. The molecule has 2 N–H and O–H groups in total. The zero-order chi connectivity index (χ0) is 23.5. The molecule has 3 saturated heterocycles. The molecular weight excluding hydrogens is 422 g/mol. The molecule has 3 aliphatic heterocycles. The van der Waals surface area contributed by atoms with Crippen LogP contribution in [-0.2, 0) is 16.1 Å². The summed E-state index contributed by atoms with van der Waals surface area (Å²) in [5, 5.41) is 12.2. The molecule has 33 heavy (non-hydrogen) atoms. The average Bonchev–Trinajstić information content (AvgIpc) is 3.17. The fraction of sp³-hybridized carbons (Fsp3) is 0.625. The lowest BCUT2D eigenvalue weighted by Crippen LogP contribution is -2.50. The van der Waals surface area contributed by atoms with Crippen molar-refractivity contribution in [3.05, 3.63) is 35.4 Å². The summed E-state index contributed by atoms with van der Waals surface area (Å²) in [5.74, 6) is -0.689. The summed E-state index contributed by atoms with van der Waals surface area (Å²) in [6.07, 6.45) is 2.14. The molecule has 0 bridgehead atoms. The molecule has 0 aliphatic carbocycles. The third-order valence-corrected chi connectivity index (χ3v) is 7.48. The number of nitrogens with one attached hydrogen (secondary N) is 1. The summed E-state index contributed by atoms with van der Waals surface area (Å²) in [5.41, 5.74) is 1.26. The lowest BCUT2D eigenvalue weighted by Gasteiger charge is -2.35. The number of carbonyl (C=O) groups is 3. The van der Waals surface area contributed by atoms with Crippen LogP contribution < -0.4 is 5.32 Å². The van der Waals surface area contributed by atoms with Gasteiger partial charge in [-0.15, -0.1) is 0 Å². The fourth-order valence-electron chi connectivity index (χ4n) is 5.32. The third-order valence-electron chi connectivity index (χ3n) is 7.48. The molecule has 3 heterocycles. The van der Waals surface area contributed by atoms with Crippen LogP contribution in [0.3, 0.4) is 0 Å². The molecule has 2 amide bonds. The van der Waals surface area contributed by atoms with Crippen LogP contribution in [0, 0.1) is 0 Å². The van der Waals surface area contributed by atoms with Gasteiger partial charge in [-0.1, -0.05) is 12.1 Å². The van der Waals surface area contributed by atoms with E-state index in [-0.39, 0.29) is 35.5 Å². The van der Waals surface area contributed by atoms with E-state index in [9.17, 15) is 14.4 Å². The van der Waals surface area contributed by atoms with Gasteiger partial charge in [-0.3, -0.25) is 19.4 Å². The lowest BCUT2D eigenvalue weighted by atomic mass is 10.0. The molecule has 0 unspecified atom stereocenters. The Morgan fingerprint density at radius 3 is 2.42 bits per heavy atom. The Bertz CT molecular complexity index is 868. The molecule has 0 saturated carbocycles. The SMILES string of the molecule is CN1CCN(C(=O)CC[C@@H]2CNC(=O)[C@H]3[C@@H](CCN3Cc3ccc(C(=O)O)cc3)N2C)CC1. The highest BCUT2D eigenvalue weighted by Gasteiger charge is 2.45. The van der Waals surface area contributed by atoms with E-state index in [1.807, 2.05) is 17.0 Å². The zero-order valence-corrected chi connectivity index (χ0v) is 19.6. The second-order valence-corrected chi connectivity index (χ2v) is 9.56. The van der Waals surface area contributed by atoms with Crippen molar-refractivity contribution in [2.75, 3.05) is 53.4 Å². The maximum atomic E-state index is 13.0. The number of carboxylic acid groups (broad SMARTS) is 1. The average molecular weight is 458 g/mol. The van der Waals surface area contributed by atoms with Crippen molar-refractivity contribution in [2.24, 2.45) is 0 Å². The van der Waals surface area contributed by atoms with E-state index in [0.29, 0.717) is 19.5 Å². The Labute approximate surface area is 195 Å². The topological polar surface area (TPSA) is 96.4 Å². The number of nitrogens with zero attached hydrogens (tertiary/aromatic N) is 4.